The quantitative estimate of drug-likeness (QED) is 0.669. The van der Waals surface area contributed by atoms with Gasteiger partial charge in [-0.25, -0.2) is 0 Å². The molecule has 1 aromatic rings. The smallest absolute Gasteiger partial charge is 0.239 e. The van der Waals surface area contributed by atoms with E-state index >= 15 is 0 Å². The Balaban J connectivity index is 1.99. The number of amides is 1. The van der Waals surface area contributed by atoms with Crippen molar-refractivity contribution in [3.05, 3.63) is 48.3 Å². The van der Waals surface area contributed by atoms with Gasteiger partial charge in [-0.2, -0.15) is 0 Å². The fraction of sp³-hybridized carbons (Fsp3) is 0.375. The maximum Gasteiger partial charge on any atom is 0.239 e. The van der Waals surface area contributed by atoms with E-state index in [9.17, 15) is 9.59 Å². The van der Waals surface area contributed by atoms with Crippen molar-refractivity contribution in [1.29, 1.82) is 0 Å². The van der Waals surface area contributed by atoms with Crippen LogP contribution in [0.3, 0.4) is 0 Å². The highest BCUT2D eigenvalue weighted by molar-refractivity contribution is 5.82. The second kappa shape index (κ2) is 8.19. The summed E-state index contributed by atoms with van der Waals surface area (Å²) in [5, 5.41) is 14.9. The van der Waals surface area contributed by atoms with Crippen molar-refractivity contribution in [3.63, 3.8) is 0 Å². The molecule has 1 heterocycles. The molecule has 1 atom stereocenters. The topological polar surface area (TPSA) is 81.7 Å². The van der Waals surface area contributed by atoms with Gasteiger partial charge in [-0.05, 0) is 5.56 Å². The first-order chi connectivity index (χ1) is 10.7. The number of aliphatic hydroxyl groups is 1. The lowest BCUT2D eigenvalue weighted by molar-refractivity contribution is -0.124. The van der Waals surface area contributed by atoms with Crippen molar-refractivity contribution in [2.45, 2.75) is 12.5 Å². The normalized spacial score (nSPS) is 15.0. The van der Waals surface area contributed by atoms with Crippen LogP contribution in [0.5, 0.6) is 0 Å². The zero-order chi connectivity index (χ0) is 15.8. The largest absolute Gasteiger partial charge is 0.389 e. The molecule has 0 radical (unpaired) electrons. The van der Waals surface area contributed by atoms with Gasteiger partial charge in [0.2, 0.25) is 5.91 Å². The molecule has 1 amide bonds. The third-order valence-electron chi connectivity index (χ3n) is 3.44. The van der Waals surface area contributed by atoms with Gasteiger partial charge in [0.15, 0.2) is 5.78 Å². The van der Waals surface area contributed by atoms with Gasteiger partial charge >= 0.3 is 0 Å². The van der Waals surface area contributed by atoms with E-state index in [0.29, 0.717) is 0 Å². The Labute approximate surface area is 129 Å². The Morgan fingerprint density at radius 2 is 2.09 bits per heavy atom. The number of hydrogen-bond donors (Lipinski definition) is 3. The highest BCUT2D eigenvalue weighted by atomic mass is 16.3. The van der Waals surface area contributed by atoms with E-state index in [4.69, 9.17) is 5.11 Å². The minimum absolute atomic E-state index is 0.0870. The predicted octanol–water partition coefficient (Wildman–Crippen LogP) is 0.172. The van der Waals surface area contributed by atoms with Crippen LogP contribution >= 0.6 is 0 Å². The molecule has 0 bridgehead atoms. The van der Waals surface area contributed by atoms with E-state index in [1.54, 1.807) is 6.20 Å². The van der Waals surface area contributed by atoms with Gasteiger partial charge in [0.25, 0.3) is 0 Å². The summed E-state index contributed by atoms with van der Waals surface area (Å²) in [5.41, 5.74) is 0.855. The molecular formula is C16H21N3O3. The van der Waals surface area contributed by atoms with Crippen molar-refractivity contribution in [3.8, 4) is 0 Å². The summed E-state index contributed by atoms with van der Waals surface area (Å²) >= 11 is 0. The van der Waals surface area contributed by atoms with Gasteiger partial charge in [-0.1, -0.05) is 30.3 Å². The van der Waals surface area contributed by atoms with Crippen LogP contribution in [0.4, 0.5) is 0 Å². The van der Waals surface area contributed by atoms with Crippen LogP contribution in [0.15, 0.2) is 42.7 Å². The number of aliphatic hydroxyl groups excluding tert-OH is 1. The maximum absolute atomic E-state index is 12.2. The third kappa shape index (κ3) is 4.89. The Hall–Kier alpha value is -2.34. The van der Waals surface area contributed by atoms with Crippen LogP contribution < -0.4 is 10.6 Å². The molecule has 118 valence electrons. The Kier molecular flexibility index (Phi) is 5.97. The summed E-state index contributed by atoms with van der Waals surface area (Å²) in [4.78, 5) is 25.6. The number of benzene rings is 1. The number of rotatable bonds is 7. The summed E-state index contributed by atoms with van der Waals surface area (Å²) in [6.45, 7) is 1.29. The molecule has 22 heavy (non-hydrogen) atoms. The third-order valence-corrected chi connectivity index (χ3v) is 3.44. The molecule has 0 spiro atoms. The van der Waals surface area contributed by atoms with Gasteiger partial charge in [0.05, 0.1) is 12.6 Å². The van der Waals surface area contributed by atoms with E-state index in [-0.39, 0.29) is 24.7 Å². The molecule has 3 N–H and O–H groups in total. The Bertz CT molecular complexity index is 531. The number of ketones is 1. The summed E-state index contributed by atoms with van der Waals surface area (Å²) in [7, 11) is 0. The fourth-order valence-electron chi connectivity index (χ4n) is 2.31. The second-order valence-electron chi connectivity index (χ2n) is 5.17. The number of carbonyl (C=O) groups is 2. The fourth-order valence-corrected chi connectivity index (χ4v) is 2.31. The molecule has 1 aliphatic heterocycles. The zero-order valence-electron chi connectivity index (χ0n) is 12.4. The molecule has 0 aliphatic carbocycles. The lowest BCUT2D eigenvalue weighted by atomic mass is 10.0. The summed E-state index contributed by atoms with van der Waals surface area (Å²) in [5.74, 6) is -0.442. The van der Waals surface area contributed by atoms with Crippen LogP contribution in [0.2, 0.25) is 0 Å². The standard InChI is InChI=1S/C16H21N3O3/c20-12-14(21)10-15(13-4-2-1-3-5-13)18-16(22)11-19-8-6-17-7-9-19/h1-6,8,15,17,20H,7,9-12H2,(H,18,22). The van der Waals surface area contributed by atoms with E-state index in [1.807, 2.05) is 41.4 Å². The molecule has 0 fully saturated rings. The summed E-state index contributed by atoms with van der Waals surface area (Å²) < 4.78 is 0. The van der Waals surface area contributed by atoms with E-state index < -0.39 is 12.6 Å². The van der Waals surface area contributed by atoms with Crippen molar-refractivity contribution < 1.29 is 14.7 Å². The lowest BCUT2D eigenvalue weighted by Gasteiger charge is -2.25. The monoisotopic (exact) mass is 303 g/mol. The minimum Gasteiger partial charge on any atom is -0.389 e. The maximum atomic E-state index is 12.2. The number of carbonyl (C=O) groups excluding carboxylic acids is 2. The zero-order valence-corrected chi connectivity index (χ0v) is 12.4. The predicted molar refractivity (Wildman–Crippen MR) is 82.8 cm³/mol. The van der Waals surface area contributed by atoms with Gasteiger partial charge < -0.3 is 20.6 Å². The van der Waals surface area contributed by atoms with Gasteiger partial charge in [-0.15, -0.1) is 0 Å². The Morgan fingerprint density at radius 1 is 1.32 bits per heavy atom. The van der Waals surface area contributed by atoms with Gasteiger partial charge in [0.1, 0.15) is 6.61 Å². The van der Waals surface area contributed by atoms with Gasteiger partial charge in [0, 0.05) is 31.9 Å². The SMILES string of the molecule is O=C(CO)CC(NC(=O)CN1C=CNCC1)c1ccccc1. The van der Waals surface area contributed by atoms with Crippen molar-refractivity contribution in [2.75, 3.05) is 26.2 Å². The van der Waals surface area contributed by atoms with Crippen LogP contribution in [0, 0.1) is 0 Å². The summed E-state index contributed by atoms with van der Waals surface area (Å²) in [6.07, 6.45) is 3.73. The molecule has 1 aliphatic rings. The molecule has 6 nitrogen and oxygen atoms in total. The highest BCUT2D eigenvalue weighted by Gasteiger charge is 2.19. The number of nitrogens with zero attached hydrogens (tertiary/aromatic N) is 1. The minimum atomic E-state index is -0.514. The molecule has 0 saturated heterocycles. The molecule has 0 saturated carbocycles. The summed E-state index contributed by atoms with van der Waals surface area (Å²) in [6, 6.07) is 8.90. The molecule has 0 aromatic heterocycles. The van der Waals surface area contributed by atoms with Crippen molar-refractivity contribution in [2.24, 2.45) is 0 Å². The van der Waals surface area contributed by atoms with Crippen LogP contribution in [-0.4, -0.2) is 47.9 Å². The van der Waals surface area contributed by atoms with E-state index in [2.05, 4.69) is 10.6 Å². The van der Waals surface area contributed by atoms with Crippen LogP contribution in [0.1, 0.15) is 18.0 Å². The lowest BCUT2D eigenvalue weighted by Crippen LogP contribution is -2.41. The molecule has 1 aromatic carbocycles. The highest BCUT2D eigenvalue weighted by Crippen LogP contribution is 2.16. The van der Waals surface area contributed by atoms with Gasteiger partial charge in [-0.3, -0.25) is 9.59 Å². The molecular weight excluding hydrogens is 282 g/mol. The average Bonchev–Trinajstić information content (AvgIpc) is 2.55. The average molecular weight is 303 g/mol. The van der Waals surface area contributed by atoms with Crippen molar-refractivity contribution in [1.82, 2.24) is 15.5 Å². The molecule has 2 rings (SSSR count). The first kappa shape index (κ1) is 16.0. The molecule has 6 heteroatoms. The van der Waals surface area contributed by atoms with Crippen molar-refractivity contribution >= 4 is 11.7 Å². The van der Waals surface area contributed by atoms with E-state index in [1.165, 1.54) is 0 Å². The number of hydrogen-bond acceptors (Lipinski definition) is 5. The van der Waals surface area contributed by atoms with Crippen LogP contribution in [-0.2, 0) is 9.59 Å². The number of nitrogens with one attached hydrogen (secondary N) is 2. The second-order valence-corrected chi connectivity index (χ2v) is 5.17. The Morgan fingerprint density at radius 3 is 2.73 bits per heavy atom. The number of Topliss-reactive ketones (excluding diaryl/α,β-unsaturated/α-hetero) is 1. The first-order valence-electron chi connectivity index (χ1n) is 7.30. The first-order valence-corrected chi connectivity index (χ1v) is 7.30. The molecule has 1 unspecified atom stereocenters. The van der Waals surface area contributed by atoms with Crippen LogP contribution in [0.25, 0.3) is 0 Å². The van der Waals surface area contributed by atoms with E-state index in [0.717, 1.165) is 18.7 Å².